The number of nitrogens with one attached hydrogen (secondary N) is 1. The number of halogens is 1. The fourth-order valence-corrected chi connectivity index (χ4v) is 4.75. The van der Waals surface area contributed by atoms with E-state index in [1.807, 2.05) is 0 Å². The van der Waals surface area contributed by atoms with Crippen LogP contribution in [0.15, 0.2) is 71.6 Å². The lowest BCUT2D eigenvalue weighted by atomic mass is 10.0. The average Bonchev–Trinajstić information content (AvgIpc) is 2.78. The molecule has 1 aliphatic rings. The number of benzene rings is 3. The van der Waals surface area contributed by atoms with Crippen LogP contribution < -0.4 is 14.4 Å². The molecule has 1 N–H and O–H groups in total. The van der Waals surface area contributed by atoms with Crippen molar-refractivity contribution in [3.8, 4) is 5.75 Å². The lowest BCUT2D eigenvalue weighted by Gasteiger charge is -2.30. The average molecular weight is 440 g/mol. The molecule has 1 amide bonds. The van der Waals surface area contributed by atoms with Crippen molar-refractivity contribution in [2.75, 3.05) is 23.3 Å². The van der Waals surface area contributed by atoms with E-state index in [0.29, 0.717) is 42.1 Å². The van der Waals surface area contributed by atoms with Crippen molar-refractivity contribution in [3.05, 3.63) is 83.7 Å². The van der Waals surface area contributed by atoms with Crippen LogP contribution in [0, 0.1) is 5.82 Å². The lowest BCUT2D eigenvalue weighted by molar-refractivity contribution is 0.0985. The van der Waals surface area contributed by atoms with Gasteiger partial charge in [-0.15, -0.1) is 0 Å². The van der Waals surface area contributed by atoms with Gasteiger partial charge in [0.2, 0.25) is 0 Å². The summed E-state index contributed by atoms with van der Waals surface area (Å²) in [7, 11) is -2.38. The first-order chi connectivity index (χ1) is 14.9. The first kappa shape index (κ1) is 20.9. The quantitative estimate of drug-likeness (QED) is 0.644. The van der Waals surface area contributed by atoms with E-state index in [2.05, 4.69) is 4.72 Å². The van der Waals surface area contributed by atoms with Crippen LogP contribution in [0.4, 0.5) is 15.8 Å². The highest BCUT2D eigenvalue weighted by molar-refractivity contribution is 7.92. The number of anilines is 2. The Hall–Kier alpha value is -3.39. The third kappa shape index (κ3) is 4.25. The predicted molar refractivity (Wildman–Crippen MR) is 117 cm³/mol. The minimum absolute atomic E-state index is 0.105. The molecule has 160 valence electrons. The maximum absolute atomic E-state index is 13.2. The monoisotopic (exact) mass is 440 g/mol. The van der Waals surface area contributed by atoms with E-state index in [4.69, 9.17) is 4.74 Å². The van der Waals surface area contributed by atoms with Gasteiger partial charge in [-0.2, -0.15) is 0 Å². The van der Waals surface area contributed by atoms with Crippen LogP contribution >= 0.6 is 0 Å². The maximum Gasteiger partial charge on any atom is 0.262 e. The number of carbonyl (C=O) groups excluding carboxylic acids is 1. The molecule has 0 bridgehead atoms. The molecule has 3 aromatic carbocycles. The van der Waals surface area contributed by atoms with Gasteiger partial charge in [-0.05, 0) is 73.0 Å². The molecule has 0 saturated carbocycles. The molecule has 0 aromatic heterocycles. The molecule has 31 heavy (non-hydrogen) atoms. The number of aryl methyl sites for hydroxylation is 1. The number of para-hydroxylation sites is 2. The third-order valence-corrected chi connectivity index (χ3v) is 6.53. The fraction of sp³-hybridized carbons (Fsp3) is 0.174. The first-order valence-electron chi connectivity index (χ1n) is 9.75. The van der Waals surface area contributed by atoms with Crippen molar-refractivity contribution in [2.45, 2.75) is 17.7 Å². The van der Waals surface area contributed by atoms with Crippen molar-refractivity contribution in [1.29, 1.82) is 0 Å². The Labute approximate surface area is 180 Å². The van der Waals surface area contributed by atoms with Gasteiger partial charge in [0.1, 0.15) is 11.6 Å². The van der Waals surface area contributed by atoms with E-state index in [9.17, 15) is 17.6 Å². The zero-order chi connectivity index (χ0) is 22.0. The molecule has 3 aromatic rings. The van der Waals surface area contributed by atoms with Crippen LogP contribution in [0.1, 0.15) is 22.3 Å². The maximum atomic E-state index is 13.2. The van der Waals surface area contributed by atoms with Gasteiger partial charge in [0.05, 0.1) is 17.7 Å². The number of methoxy groups -OCH3 is 1. The summed E-state index contributed by atoms with van der Waals surface area (Å²) in [5.74, 6) is -0.239. The van der Waals surface area contributed by atoms with Crippen LogP contribution in [0.2, 0.25) is 0 Å². The van der Waals surface area contributed by atoms with Gasteiger partial charge in [-0.1, -0.05) is 12.1 Å². The zero-order valence-corrected chi connectivity index (χ0v) is 17.7. The van der Waals surface area contributed by atoms with Crippen molar-refractivity contribution in [1.82, 2.24) is 0 Å². The van der Waals surface area contributed by atoms with Gasteiger partial charge >= 0.3 is 0 Å². The number of amides is 1. The van der Waals surface area contributed by atoms with E-state index in [0.717, 1.165) is 5.56 Å². The second kappa shape index (κ2) is 8.39. The summed E-state index contributed by atoms with van der Waals surface area (Å²) in [5.41, 5.74) is 2.15. The van der Waals surface area contributed by atoms with Gasteiger partial charge in [0.15, 0.2) is 0 Å². The Morgan fingerprint density at radius 1 is 1.06 bits per heavy atom. The summed E-state index contributed by atoms with van der Waals surface area (Å²) in [5, 5.41) is 0. The highest BCUT2D eigenvalue weighted by Gasteiger charge is 2.26. The van der Waals surface area contributed by atoms with Crippen molar-refractivity contribution in [3.63, 3.8) is 0 Å². The Bertz CT molecular complexity index is 1230. The van der Waals surface area contributed by atoms with Crippen molar-refractivity contribution in [2.24, 2.45) is 0 Å². The van der Waals surface area contributed by atoms with Crippen LogP contribution in [-0.2, 0) is 16.4 Å². The number of hydrogen-bond acceptors (Lipinski definition) is 4. The van der Waals surface area contributed by atoms with Crippen LogP contribution in [0.5, 0.6) is 5.75 Å². The van der Waals surface area contributed by atoms with Crippen molar-refractivity contribution >= 4 is 27.3 Å². The third-order valence-electron chi connectivity index (χ3n) is 5.17. The SMILES string of the molecule is COc1ccccc1NS(=O)(=O)c1ccc2c(c1)CCCN2C(=O)c1ccc(F)cc1. The number of nitrogens with zero attached hydrogens (tertiary/aromatic N) is 1. The summed E-state index contributed by atoms with van der Waals surface area (Å²) in [6.07, 6.45) is 1.35. The molecule has 0 unspecified atom stereocenters. The largest absolute Gasteiger partial charge is 0.495 e. The normalized spacial score (nSPS) is 13.4. The molecule has 0 radical (unpaired) electrons. The summed E-state index contributed by atoms with van der Waals surface area (Å²) < 4.78 is 46.8. The van der Waals surface area contributed by atoms with E-state index in [1.54, 1.807) is 41.3 Å². The molecule has 0 saturated heterocycles. The summed E-state index contributed by atoms with van der Waals surface area (Å²) in [4.78, 5) is 14.6. The standard InChI is InChI=1S/C23H21FN2O4S/c1-30-22-7-3-2-6-20(22)25-31(28,29)19-12-13-21-17(15-19)5-4-14-26(21)23(27)16-8-10-18(24)11-9-16/h2-3,6-13,15,25H,4-5,14H2,1H3. The molecule has 8 heteroatoms. The van der Waals surface area contributed by atoms with Crippen LogP contribution in [0.25, 0.3) is 0 Å². The van der Waals surface area contributed by atoms with Crippen LogP contribution in [0.3, 0.4) is 0 Å². The molecule has 1 aliphatic heterocycles. The minimum Gasteiger partial charge on any atom is -0.495 e. The minimum atomic E-state index is -3.85. The molecule has 4 rings (SSSR count). The van der Waals surface area contributed by atoms with Gasteiger partial charge < -0.3 is 9.64 Å². The topological polar surface area (TPSA) is 75.7 Å². The smallest absolute Gasteiger partial charge is 0.262 e. The van der Waals surface area contributed by atoms with E-state index in [-0.39, 0.29) is 10.8 Å². The molecule has 6 nitrogen and oxygen atoms in total. The number of carbonyl (C=O) groups is 1. The predicted octanol–water partition coefficient (Wildman–Crippen LogP) is 4.23. The second-order valence-corrected chi connectivity index (χ2v) is 8.85. The van der Waals surface area contributed by atoms with Gasteiger partial charge in [-0.3, -0.25) is 9.52 Å². The summed E-state index contributed by atoms with van der Waals surface area (Å²) in [6.45, 7) is 0.509. The zero-order valence-electron chi connectivity index (χ0n) is 16.8. The number of hydrogen-bond donors (Lipinski definition) is 1. The second-order valence-electron chi connectivity index (χ2n) is 7.16. The Balaban J connectivity index is 1.63. The van der Waals surface area contributed by atoms with Crippen molar-refractivity contribution < 1.29 is 22.3 Å². The Morgan fingerprint density at radius 2 is 1.81 bits per heavy atom. The summed E-state index contributed by atoms with van der Waals surface area (Å²) >= 11 is 0. The number of ether oxygens (including phenoxy) is 1. The molecular weight excluding hydrogens is 419 g/mol. The highest BCUT2D eigenvalue weighted by atomic mass is 32.2. The molecule has 0 spiro atoms. The fourth-order valence-electron chi connectivity index (χ4n) is 3.63. The number of fused-ring (bicyclic) bond motifs is 1. The van der Waals surface area contributed by atoms with Gasteiger partial charge in [0.25, 0.3) is 15.9 Å². The molecule has 0 atom stereocenters. The van der Waals surface area contributed by atoms with Gasteiger partial charge in [0, 0.05) is 17.8 Å². The van der Waals surface area contributed by atoms with E-state index >= 15 is 0 Å². The molecule has 1 heterocycles. The molecular formula is C23H21FN2O4S. The number of sulfonamides is 1. The lowest BCUT2D eigenvalue weighted by Crippen LogP contribution is -2.35. The number of rotatable bonds is 5. The summed E-state index contributed by atoms with van der Waals surface area (Å²) in [6, 6.07) is 16.9. The van der Waals surface area contributed by atoms with E-state index < -0.39 is 15.8 Å². The van der Waals surface area contributed by atoms with E-state index in [1.165, 1.54) is 37.4 Å². The Morgan fingerprint density at radius 3 is 2.55 bits per heavy atom. The van der Waals surface area contributed by atoms with Crippen LogP contribution in [-0.4, -0.2) is 28.0 Å². The highest BCUT2D eigenvalue weighted by Crippen LogP contribution is 2.32. The molecule has 0 fully saturated rings. The molecule has 0 aliphatic carbocycles. The van der Waals surface area contributed by atoms with Gasteiger partial charge in [-0.25, -0.2) is 12.8 Å². The first-order valence-corrected chi connectivity index (χ1v) is 11.2. The Kier molecular flexibility index (Phi) is 5.65.